The largest absolute Gasteiger partial charge is 0.467 e. The number of aromatic nitrogens is 2. The number of nitrogens with one attached hydrogen (secondary N) is 1. The average Bonchev–Trinajstić information content (AvgIpc) is 2.14. The first-order chi connectivity index (χ1) is 6.26. The number of ether oxygens (including phenoxy) is 1. The number of hydrogen-bond donors (Lipinski definition) is 1. The minimum Gasteiger partial charge on any atom is -0.467 e. The zero-order chi connectivity index (χ0) is 9.68. The molecule has 0 aromatic carbocycles. The molecule has 0 unspecified atom stereocenters. The summed E-state index contributed by atoms with van der Waals surface area (Å²) < 4.78 is 4.87. The van der Waals surface area contributed by atoms with E-state index in [0.717, 1.165) is 5.69 Å². The molecule has 0 amide bonds. The standard InChI is InChI=1S/C8H10N4O/c1-6-5-7(10-4-3-9)12-8(11-6)13-2/h5H,4H2,1-2H3,(H,10,11,12). The third-order valence-corrected chi connectivity index (χ3v) is 1.36. The molecule has 0 fully saturated rings. The van der Waals surface area contributed by atoms with Crippen molar-refractivity contribution in [1.82, 2.24) is 9.97 Å². The van der Waals surface area contributed by atoms with Crippen LogP contribution in [0.5, 0.6) is 6.01 Å². The molecule has 1 aromatic rings. The molecule has 0 radical (unpaired) electrons. The molecular formula is C8H10N4O. The van der Waals surface area contributed by atoms with Crippen LogP contribution < -0.4 is 10.1 Å². The van der Waals surface area contributed by atoms with Crippen molar-refractivity contribution in [3.63, 3.8) is 0 Å². The van der Waals surface area contributed by atoms with Crippen molar-refractivity contribution in [2.24, 2.45) is 0 Å². The van der Waals surface area contributed by atoms with E-state index in [9.17, 15) is 0 Å². The normalized spacial score (nSPS) is 9.00. The van der Waals surface area contributed by atoms with Gasteiger partial charge in [0.25, 0.3) is 0 Å². The van der Waals surface area contributed by atoms with Crippen LogP contribution in [-0.2, 0) is 0 Å². The summed E-state index contributed by atoms with van der Waals surface area (Å²) in [5, 5.41) is 11.2. The molecule has 5 nitrogen and oxygen atoms in total. The molecular weight excluding hydrogens is 168 g/mol. The predicted octanol–water partition coefficient (Wildman–Crippen LogP) is 0.729. The second-order valence-corrected chi connectivity index (χ2v) is 2.39. The second-order valence-electron chi connectivity index (χ2n) is 2.39. The Bertz CT molecular complexity index is 331. The lowest BCUT2D eigenvalue weighted by Crippen LogP contribution is -2.03. The van der Waals surface area contributed by atoms with Crippen molar-refractivity contribution in [2.75, 3.05) is 19.0 Å². The maximum absolute atomic E-state index is 8.34. The van der Waals surface area contributed by atoms with Gasteiger partial charge < -0.3 is 10.1 Å². The highest BCUT2D eigenvalue weighted by Crippen LogP contribution is 2.09. The highest BCUT2D eigenvalue weighted by molar-refractivity contribution is 5.37. The quantitative estimate of drug-likeness (QED) is 0.691. The van der Waals surface area contributed by atoms with Crippen molar-refractivity contribution in [3.8, 4) is 12.1 Å². The number of nitriles is 1. The smallest absolute Gasteiger partial charge is 0.318 e. The van der Waals surface area contributed by atoms with Gasteiger partial charge in [-0.2, -0.15) is 10.2 Å². The van der Waals surface area contributed by atoms with Crippen LogP contribution in [0.25, 0.3) is 0 Å². The van der Waals surface area contributed by atoms with E-state index in [-0.39, 0.29) is 6.54 Å². The number of anilines is 1. The van der Waals surface area contributed by atoms with Gasteiger partial charge in [0.15, 0.2) is 0 Å². The van der Waals surface area contributed by atoms with Crippen LogP contribution >= 0.6 is 0 Å². The Morgan fingerprint density at radius 3 is 3.00 bits per heavy atom. The first kappa shape index (κ1) is 9.26. The van der Waals surface area contributed by atoms with Gasteiger partial charge in [-0.3, -0.25) is 0 Å². The number of nitrogens with zero attached hydrogens (tertiary/aromatic N) is 3. The lowest BCUT2D eigenvalue weighted by molar-refractivity contribution is 0.379. The fraction of sp³-hybridized carbons (Fsp3) is 0.375. The first-order valence-electron chi connectivity index (χ1n) is 3.76. The minimum atomic E-state index is 0.222. The Hall–Kier alpha value is -1.83. The number of rotatable bonds is 3. The van der Waals surface area contributed by atoms with Gasteiger partial charge >= 0.3 is 6.01 Å². The maximum atomic E-state index is 8.34. The molecule has 13 heavy (non-hydrogen) atoms. The summed E-state index contributed by atoms with van der Waals surface area (Å²) in [6.45, 7) is 2.06. The van der Waals surface area contributed by atoms with Crippen molar-refractivity contribution >= 4 is 5.82 Å². The van der Waals surface area contributed by atoms with Crippen LogP contribution in [0.15, 0.2) is 6.07 Å². The Balaban J connectivity index is 2.83. The Labute approximate surface area is 76.4 Å². The summed E-state index contributed by atoms with van der Waals surface area (Å²) in [6, 6.07) is 4.02. The van der Waals surface area contributed by atoms with Crippen molar-refractivity contribution in [1.29, 1.82) is 5.26 Å². The summed E-state index contributed by atoms with van der Waals surface area (Å²) in [6.07, 6.45) is 0. The molecule has 0 spiro atoms. The monoisotopic (exact) mass is 178 g/mol. The third kappa shape index (κ3) is 2.60. The lowest BCUT2D eigenvalue weighted by atomic mass is 10.4. The summed E-state index contributed by atoms with van der Waals surface area (Å²) in [7, 11) is 1.50. The SMILES string of the molecule is COc1nc(C)cc(NCC#N)n1. The molecule has 1 N–H and O–H groups in total. The van der Waals surface area contributed by atoms with Crippen LogP contribution in [0.4, 0.5) is 5.82 Å². The van der Waals surface area contributed by atoms with Crippen molar-refractivity contribution in [3.05, 3.63) is 11.8 Å². The van der Waals surface area contributed by atoms with E-state index in [1.54, 1.807) is 6.07 Å². The fourth-order valence-corrected chi connectivity index (χ4v) is 0.853. The Morgan fingerprint density at radius 1 is 1.62 bits per heavy atom. The van der Waals surface area contributed by atoms with Crippen LogP contribution in [0.3, 0.4) is 0 Å². The van der Waals surface area contributed by atoms with E-state index in [1.165, 1.54) is 7.11 Å². The van der Waals surface area contributed by atoms with Crippen molar-refractivity contribution < 1.29 is 4.74 Å². The number of methoxy groups -OCH3 is 1. The topological polar surface area (TPSA) is 70.8 Å². The van der Waals surface area contributed by atoms with Gasteiger partial charge in [-0.25, -0.2) is 4.98 Å². The molecule has 1 aromatic heterocycles. The second kappa shape index (κ2) is 4.26. The van der Waals surface area contributed by atoms with Gasteiger partial charge in [-0.05, 0) is 6.92 Å². The predicted molar refractivity (Wildman–Crippen MR) is 47.4 cm³/mol. The van der Waals surface area contributed by atoms with E-state index >= 15 is 0 Å². The number of hydrogen-bond acceptors (Lipinski definition) is 5. The molecule has 0 saturated carbocycles. The summed E-state index contributed by atoms with van der Waals surface area (Å²) in [5.74, 6) is 0.603. The third-order valence-electron chi connectivity index (χ3n) is 1.36. The van der Waals surface area contributed by atoms with Crippen LogP contribution in [0.1, 0.15) is 5.69 Å². The van der Waals surface area contributed by atoms with E-state index in [0.29, 0.717) is 11.8 Å². The van der Waals surface area contributed by atoms with Crippen LogP contribution in [0.2, 0.25) is 0 Å². The van der Waals surface area contributed by atoms with E-state index in [1.807, 2.05) is 13.0 Å². The molecule has 0 aliphatic heterocycles. The van der Waals surface area contributed by atoms with E-state index in [2.05, 4.69) is 15.3 Å². The number of aryl methyl sites for hydroxylation is 1. The molecule has 0 aliphatic rings. The Morgan fingerprint density at radius 2 is 2.38 bits per heavy atom. The molecule has 68 valence electrons. The van der Waals surface area contributed by atoms with Gasteiger partial charge in [-0.1, -0.05) is 0 Å². The Kier molecular flexibility index (Phi) is 3.03. The molecule has 0 aliphatic carbocycles. The van der Waals surface area contributed by atoms with E-state index in [4.69, 9.17) is 10.00 Å². The fourth-order valence-electron chi connectivity index (χ4n) is 0.853. The average molecular weight is 178 g/mol. The zero-order valence-electron chi connectivity index (χ0n) is 7.53. The summed E-state index contributed by atoms with van der Waals surface area (Å²) >= 11 is 0. The summed E-state index contributed by atoms with van der Waals surface area (Å²) in [4.78, 5) is 8.00. The van der Waals surface area contributed by atoms with Crippen LogP contribution in [0, 0.1) is 18.3 Å². The molecule has 1 heterocycles. The van der Waals surface area contributed by atoms with Crippen molar-refractivity contribution in [2.45, 2.75) is 6.92 Å². The maximum Gasteiger partial charge on any atom is 0.318 e. The van der Waals surface area contributed by atoms with Gasteiger partial charge in [0, 0.05) is 11.8 Å². The highest BCUT2D eigenvalue weighted by atomic mass is 16.5. The highest BCUT2D eigenvalue weighted by Gasteiger charge is 2.00. The van der Waals surface area contributed by atoms with Gasteiger partial charge in [0.05, 0.1) is 13.2 Å². The van der Waals surface area contributed by atoms with Gasteiger partial charge in [0.1, 0.15) is 12.4 Å². The first-order valence-corrected chi connectivity index (χ1v) is 3.76. The lowest BCUT2D eigenvalue weighted by Gasteiger charge is -2.03. The van der Waals surface area contributed by atoms with Gasteiger partial charge in [0.2, 0.25) is 0 Å². The molecule has 1 rings (SSSR count). The van der Waals surface area contributed by atoms with Gasteiger partial charge in [-0.15, -0.1) is 0 Å². The van der Waals surface area contributed by atoms with Crippen LogP contribution in [-0.4, -0.2) is 23.6 Å². The zero-order valence-corrected chi connectivity index (χ0v) is 7.53. The molecule has 5 heteroatoms. The molecule has 0 bridgehead atoms. The molecule has 0 saturated heterocycles. The van der Waals surface area contributed by atoms with E-state index < -0.39 is 0 Å². The minimum absolute atomic E-state index is 0.222. The summed E-state index contributed by atoms with van der Waals surface area (Å²) in [5.41, 5.74) is 0.798. The molecule has 0 atom stereocenters.